The molecule has 0 atom stereocenters. The molecule has 0 unspecified atom stereocenters. The summed E-state index contributed by atoms with van der Waals surface area (Å²) in [4.78, 5) is 0.0460. The van der Waals surface area contributed by atoms with Crippen LogP contribution in [0.2, 0.25) is 0 Å². The second-order valence-corrected chi connectivity index (χ2v) is 6.92. The van der Waals surface area contributed by atoms with Gasteiger partial charge in [-0.05, 0) is 21.8 Å². The van der Waals surface area contributed by atoms with Crippen LogP contribution >= 0.6 is 15.9 Å². The van der Waals surface area contributed by atoms with Gasteiger partial charge in [0.15, 0.2) is 4.67 Å². The molecule has 1 aromatic heterocycles. The maximum Gasteiger partial charge on any atom is 0.247 e. The Kier molecular flexibility index (Phi) is 4.77. The van der Waals surface area contributed by atoms with E-state index in [9.17, 15) is 8.42 Å². The zero-order chi connectivity index (χ0) is 13.2. The van der Waals surface area contributed by atoms with Gasteiger partial charge in [0.2, 0.25) is 10.0 Å². The number of hydrogen-bond acceptors (Lipinski definition) is 4. The number of halogens is 1. The molecule has 0 fully saturated rings. The summed E-state index contributed by atoms with van der Waals surface area (Å²) >= 11 is 3.04. The zero-order valence-electron chi connectivity index (χ0n) is 9.97. The Morgan fingerprint density at radius 3 is 2.53 bits per heavy atom. The molecule has 0 spiro atoms. The van der Waals surface area contributed by atoms with E-state index >= 15 is 0 Å². The second-order valence-electron chi connectivity index (χ2n) is 4.19. The molecular weight excluding hydrogens is 310 g/mol. The van der Waals surface area contributed by atoms with E-state index in [0.717, 1.165) is 0 Å². The first-order valence-corrected chi connectivity index (χ1v) is 7.37. The van der Waals surface area contributed by atoms with Crippen molar-refractivity contribution in [3.8, 4) is 0 Å². The van der Waals surface area contributed by atoms with Crippen LogP contribution in [-0.4, -0.2) is 31.4 Å². The summed E-state index contributed by atoms with van der Waals surface area (Å²) in [7, 11) is -2.05. The normalized spacial score (nSPS) is 12.6. The van der Waals surface area contributed by atoms with Crippen molar-refractivity contribution in [2.75, 3.05) is 13.6 Å². The molecule has 1 aromatic rings. The van der Waals surface area contributed by atoms with Gasteiger partial charge in [-0.3, -0.25) is 0 Å². The third-order valence-corrected chi connectivity index (χ3v) is 4.85. The Morgan fingerprint density at radius 2 is 2.12 bits per heavy atom. The molecule has 1 N–H and O–H groups in total. The zero-order valence-corrected chi connectivity index (χ0v) is 12.4. The molecule has 0 radical (unpaired) electrons. The lowest BCUT2D eigenvalue weighted by atomic mass is 10.2. The quantitative estimate of drug-likeness (QED) is 0.896. The SMILES string of the molecule is CC(C)CN(C)S(=O)(=O)c1cc(CO)oc1Br. The lowest BCUT2D eigenvalue weighted by Gasteiger charge is -2.18. The van der Waals surface area contributed by atoms with Crippen molar-refractivity contribution in [3.63, 3.8) is 0 Å². The molecule has 5 nitrogen and oxygen atoms in total. The Morgan fingerprint density at radius 1 is 1.53 bits per heavy atom. The number of sulfonamides is 1. The molecular formula is C10H16BrNO4S. The van der Waals surface area contributed by atoms with E-state index in [1.807, 2.05) is 13.8 Å². The van der Waals surface area contributed by atoms with E-state index in [4.69, 9.17) is 9.52 Å². The van der Waals surface area contributed by atoms with Crippen molar-refractivity contribution >= 4 is 26.0 Å². The highest BCUT2D eigenvalue weighted by Gasteiger charge is 2.27. The summed E-state index contributed by atoms with van der Waals surface area (Å²) < 4.78 is 30.8. The standard InChI is InChI=1S/C10H16BrNO4S/c1-7(2)5-12(3)17(14,15)9-4-8(6-13)16-10(9)11/h4,7,13H,5-6H2,1-3H3. The summed E-state index contributed by atoms with van der Waals surface area (Å²) in [6, 6.07) is 1.33. The smallest absolute Gasteiger partial charge is 0.247 e. The van der Waals surface area contributed by atoms with E-state index in [1.54, 1.807) is 0 Å². The summed E-state index contributed by atoms with van der Waals surface area (Å²) in [5, 5.41) is 8.90. The van der Waals surface area contributed by atoms with E-state index in [1.165, 1.54) is 17.4 Å². The molecule has 0 bridgehead atoms. The third-order valence-electron chi connectivity index (χ3n) is 2.17. The van der Waals surface area contributed by atoms with E-state index in [-0.39, 0.29) is 27.9 Å². The minimum atomic E-state index is -3.57. The summed E-state index contributed by atoms with van der Waals surface area (Å²) in [6.45, 7) is 3.97. The Balaban J connectivity index is 3.08. The van der Waals surface area contributed by atoms with Gasteiger partial charge >= 0.3 is 0 Å². The number of rotatable bonds is 5. The molecule has 17 heavy (non-hydrogen) atoms. The van der Waals surface area contributed by atoms with Crippen LogP contribution in [0.25, 0.3) is 0 Å². The minimum Gasteiger partial charge on any atom is -0.450 e. The number of aliphatic hydroxyl groups excluding tert-OH is 1. The summed E-state index contributed by atoms with van der Waals surface area (Å²) in [5.41, 5.74) is 0. The average molecular weight is 326 g/mol. The van der Waals surface area contributed by atoms with Gasteiger partial charge in [0, 0.05) is 19.7 Å². The fourth-order valence-electron chi connectivity index (χ4n) is 1.43. The predicted molar refractivity (Wildman–Crippen MR) is 67.0 cm³/mol. The maximum absolute atomic E-state index is 12.2. The van der Waals surface area contributed by atoms with Crippen LogP contribution in [-0.2, 0) is 16.6 Å². The van der Waals surface area contributed by atoms with E-state index in [0.29, 0.717) is 6.54 Å². The highest BCUT2D eigenvalue weighted by Crippen LogP contribution is 2.28. The van der Waals surface area contributed by atoms with Crippen molar-refractivity contribution in [2.45, 2.75) is 25.3 Å². The van der Waals surface area contributed by atoms with Gasteiger partial charge in [-0.1, -0.05) is 13.8 Å². The third kappa shape index (κ3) is 3.31. The van der Waals surface area contributed by atoms with Gasteiger partial charge in [0.05, 0.1) is 0 Å². The van der Waals surface area contributed by atoms with E-state index < -0.39 is 10.0 Å². The summed E-state index contributed by atoms with van der Waals surface area (Å²) in [5.74, 6) is 0.450. The van der Waals surface area contributed by atoms with Crippen LogP contribution in [0.1, 0.15) is 19.6 Å². The highest BCUT2D eigenvalue weighted by molar-refractivity contribution is 9.10. The Hall–Kier alpha value is -0.370. The average Bonchev–Trinajstić information content (AvgIpc) is 2.59. The van der Waals surface area contributed by atoms with Crippen molar-refractivity contribution in [3.05, 3.63) is 16.5 Å². The van der Waals surface area contributed by atoms with Crippen LogP contribution < -0.4 is 0 Å². The van der Waals surface area contributed by atoms with Crippen LogP contribution in [0.15, 0.2) is 20.0 Å². The van der Waals surface area contributed by atoms with Gasteiger partial charge in [0.25, 0.3) is 0 Å². The molecule has 0 aliphatic rings. The number of nitrogens with zero attached hydrogens (tertiary/aromatic N) is 1. The molecule has 0 saturated carbocycles. The predicted octanol–water partition coefficient (Wildman–Crippen LogP) is 1.81. The lowest BCUT2D eigenvalue weighted by Crippen LogP contribution is -2.30. The first kappa shape index (κ1) is 14.7. The first-order valence-electron chi connectivity index (χ1n) is 5.14. The van der Waals surface area contributed by atoms with Crippen molar-refractivity contribution in [1.29, 1.82) is 0 Å². The van der Waals surface area contributed by atoms with Crippen LogP contribution in [0, 0.1) is 5.92 Å². The number of hydrogen-bond donors (Lipinski definition) is 1. The highest BCUT2D eigenvalue weighted by atomic mass is 79.9. The first-order chi connectivity index (χ1) is 7.78. The van der Waals surface area contributed by atoms with Crippen molar-refractivity contribution < 1.29 is 17.9 Å². The molecule has 0 aliphatic carbocycles. The minimum absolute atomic E-state index is 0.0460. The fraction of sp³-hybridized carbons (Fsp3) is 0.600. The van der Waals surface area contributed by atoms with E-state index in [2.05, 4.69) is 15.9 Å². The monoisotopic (exact) mass is 325 g/mol. The Labute approximate surface area is 110 Å². The Bertz CT molecular complexity index is 480. The topological polar surface area (TPSA) is 70.8 Å². The van der Waals surface area contributed by atoms with Gasteiger partial charge in [-0.15, -0.1) is 0 Å². The number of furan rings is 1. The van der Waals surface area contributed by atoms with Gasteiger partial charge in [0.1, 0.15) is 17.3 Å². The van der Waals surface area contributed by atoms with Gasteiger partial charge < -0.3 is 9.52 Å². The fourth-order valence-corrected chi connectivity index (χ4v) is 3.72. The lowest BCUT2D eigenvalue weighted by molar-refractivity contribution is 0.245. The van der Waals surface area contributed by atoms with Crippen LogP contribution in [0.3, 0.4) is 0 Å². The van der Waals surface area contributed by atoms with Gasteiger partial charge in [-0.25, -0.2) is 12.7 Å². The van der Waals surface area contributed by atoms with Gasteiger partial charge in [-0.2, -0.15) is 0 Å². The second kappa shape index (κ2) is 5.51. The molecule has 1 rings (SSSR count). The molecule has 7 heteroatoms. The molecule has 1 heterocycles. The molecule has 0 aliphatic heterocycles. The largest absolute Gasteiger partial charge is 0.450 e. The van der Waals surface area contributed by atoms with Crippen LogP contribution in [0.4, 0.5) is 0 Å². The summed E-state index contributed by atoms with van der Waals surface area (Å²) in [6.07, 6.45) is 0. The molecule has 0 aromatic carbocycles. The van der Waals surface area contributed by atoms with Crippen molar-refractivity contribution in [2.24, 2.45) is 5.92 Å². The van der Waals surface area contributed by atoms with Crippen molar-refractivity contribution in [1.82, 2.24) is 4.31 Å². The molecule has 0 saturated heterocycles. The number of aliphatic hydroxyl groups is 1. The maximum atomic E-state index is 12.2. The molecule has 0 amide bonds. The molecule has 98 valence electrons. The van der Waals surface area contributed by atoms with Crippen LogP contribution in [0.5, 0.6) is 0 Å².